The fourth-order valence-electron chi connectivity index (χ4n) is 9.53. The smallest absolute Gasteiger partial charge is 0.260 e. The average Bonchev–Trinajstić information content (AvgIpc) is 4.08. The summed E-state index contributed by atoms with van der Waals surface area (Å²) in [6, 6.07) is 40.3. The van der Waals surface area contributed by atoms with Crippen LogP contribution >= 0.6 is 15.9 Å². The van der Waals surface area contributed by atoms with Gasteiger partial charge in [-0.05, 0) is 66.1 Å². The lowest BCUT2D eigenvalue weighted by atomic mass is 9.72. The van der Waals surface area contributed by atoms with Crippen molar-refractivity contribution < 1.29 is 38.1 Å². The average molecular weight is 1030 g/mol. The number of para-hydroxylation sites is 1. The van der Waals surface area contributed by atoms with Crippen molar-refractivity contribution in [2.45, 2.75) is 50.0 Å². The van der Waals surface area contributed by atoms with E-state index in [1.165, 1.54) is 30.4 Å². The molecule has 16 heteroatoms. The number of carbonyl (C=O) groups excluding carboxylic acids is 2. The van der Waals surface area contributed by atoms with E-state index in [0.717, 1.165) is 51.1 Å². The fourth-order valence-corrected chi connectivity index (χ4v) is 9.87. The lowest BCUT2D eigenvalue weighted by Gasteiger charge is -2.38. The van der Waals surface area contributed by atoms with Gasteiger partial charge in [0.2, 0.25) is 0 Å². The Morgan fingerprint density at radius 2 is 1.50 bits per heavy atom. The number of halogens is 1. The van der Waals surface area contributed by atoms with E-state index in [4.69, 9.17) is 28.5 Å². The number of benzene rings is 5. The highest BCUT2D eigenvalue weighted by atomic mass is 79.9. The van der Waals surface area contributed by atoms with Crippen LogP contribution in [0, 0.1) is 0 Å². The number of carbonyl (C=O) groups is 2. The lowest BCUT2D eigenvalue weighted by molar-refractivity contribution is -0.123. The number of hydrazone groups is 1. The summed E-state index contributed by atoms with van der Waals surface area (Å²) in [6.07, 6.45) is 9.28. The summed E-state index contributed by atoms with van der Waals surface area (Å²) in [5.41, 5.74) is 2.84. The van der Waals surface area contributed by atoms with Crippen LogP contribution in [0.4, 0.5) is 11.4 Å². The third-order valence-electron chi connectivity index (χ3n) is 12.9. The van der Waals surface area contributed by atoms with E-state index >= 15 is 4.79 Å². The SMILES string of the molecule is CCCCOC1(c2cc(=O)c3c(O)cc(OCc4cn(CCOCCOCCN5C(=O)C6(c7ccc(Br)cc75)C(c5ccccc5)C(c5ccccc5)=NN6c5ccccc5)nn4)cc3o2)C=CC(=O)C=C1. The van der Waals surface area contributed by atoms with Crippen LogP contribution in [0.3, 0.4) is 0 Å². The van der Waals surface area contributed by atoms with Crippen LogP contribution in [0.25, 0.3) is 11.0 Å². The van der Waals surface area contributed by atoms with Gasteiger partial charge in [-0.2, -0.15) is 5.10 Å². The zero-order chi connectivity index (χ0) is 49.7. The van der Waals surface area contributed by atoms with E-state index in [1.807, 2.05) is 114 Å². The number of anilines is 2. The first-order valence-corrected chi connectivity index (χ1v) is 24.7. The Labute approximate surface area is 423 Å². The third kappa shape index (κ3) is 9.41. The molecule has 4 heterocycles. The van der Waals surface area contributed by atoms with Gasteiger partial charge >= 0.3 is 0 Å². The molecule has 5 aromatic carbocycles. The van der Waals surface area contributed by atoms with Crippen LogP contribution in [0.1, 0.15) is 53.8 Å². The minimum atomic E-state index is -1.26. The predicted octanol–water partition coefficient (Wildman–Crippen LogP) is 9.12. The predicted molar refractivity (Wildman–Crippen MR) is 275 cm³/mol. The summed E-state index contributed by atoms with van der Waals surface area (Å²) in [4.78, 5) is 42.6. The molecule has 2 aromatic heterocycles. The third-order valence-corrected chi connectivity index (χ3v) is 13.4. The van der Waals surface area contributed by atoms with E-state index < -0.39 is 22.5 Å². The van der Waals surface area contributed by atoms with Gasteiger partial charge in [-0.1, -0.05) is 119 Å². The molecule has 1 N–H and O–H groups in total. The molecule has 15 nitrogen and oxygen atoms in total. The Bertz CT molecular complexity index is 3240. The van der Waals surface area contributed by atoms with E-state index in [0.29, 0.717) is 45.2 Å². The van der Waals surface area contributed by atoms with Crippen molar-refractivity contribution in [1.82, 2.24) is 15.0 Å². The summed E-state index contributed by atoms with van der Waals surface area (Å²) < 4.78 is 32.8. The molecule has 10 rings (SSSR count). The quantitative estimate of drug-likeness (QED) is 0.0720. The number of aromatic nitrogens is 3. The summed E-state index contributed by atoms with van der Waals surface area (Å²) in [7, 11) is 0. The summed E-state index contributed by atoms with van der Waals surface area (Å²) in [5.74, 6) is -0.638. The standard InChI is InChI=1S/C56H51BrN6O9/c1-2-3-27-71-55(23-21-43(64)22-24-55)50-35-48(66)51-47(65)33-44(34-49(51)72-50)70-37-41-36-61(60-58-41)25-28-68-30-31-69-29-26-62-46-32-40(57)19-20-45(46)56(54(62)67)52(38-13-7-4-8-14-38)53(39-15-9-5-10-16-39)59-63(56)42-17-11-6-12-18-42/h4-24,32-36,52,65H,2-3,25-31,37H2,1H3. The normalized spacial score (nSPS) is 17.9. The number of phenolic OH excluding ortho intramolecular Hbond substituents is 1. The van der Waals surface area contributed by atoms with Crippen molar-refractivity contribution in [3.8, 4) is 11.5 Å². The first-order valence-electron chi connectivity index (χ1n) is 23.9. The van der Waals surface area contributed by atoms with Gasteiger partial charge in [-0.15, -0.1) is 5.10 Å². The first kappa shape index (κ1) is 48.1. The van der Waals surface area contributed by atoms with Crippen LogP contribution in [0.5, 0.6) is 11.5 Å². The zero-order valence-electron chi connectivity index (χ0n) is 39.4. The van der Waals surface area contributed by atoms with Crippen LogP contribution in [0.15, 0.2) is 177 Å². The highest BCUT2D eigenvalue weighted by Crippen LogP contribution is 2.58. The van der Waals surface area contributed by atoms with Crippen LogP contribution in [-0.2, 0) is 48.1 Å². The monoisotopic (exact) mass is 1030 g/mol. The Morgan fingerprint density at radius 3 is 2.24 bits per heavy atom. The number of ether oxygens (including phenoxy) is 4. The minimum absolute atomic E-state index is 0.00902. The van der Waals surface area contributed by atoms with Crippen molar-refractivity contribution in [1.29, 1.82) is 0 Å². The number of phenols is 1. The Hall–Kier alpha value is -7.50. The topological polar surface area (TPSA) is 171 Å². The van der Waals surface area contributed by atoms with Crippen molar-refractivity contribution >= 4 is 55.7 Å². The zero-order valence-corrected chi connectivity index (χ0v) is 41.0. The van der Waals surface area contributed by atoms with Gasteiger partial charge in [0.05, 0.1) is 62.2 Å². The van der Waals surface area contributed by atoms with Gasteiger partial charge < -0.3 is 33.4 Å². The number of rotatable bonds is 20. The molecule has 0 saturated carbocycles. The number of ketones is 1. The maximum Gasteiger partial charge on any atom is 0.260 e. The second-order valence-electron chi connectivity index (χ2n) is 17.6. The second kappa shape index (κ2) is 21.1. The Morgan fingerprint density at radius 1 is 0.792 bits per heavy atom. The lowest BCUT2D eigenvalue weighted by Crippen LogP contribution is -2.53. The number of hydrogen-bond acceptors (Lipinski definition) is 13. The molecule has 3 aliphatic rings. The van der Waals surface area contributed by atoms with Crippen molar-refractivity contribution in [3.63, 3.8) is 0 Å². The van der Waals surface area contributed by atoms with E-state index in [1.54, 1.807) is 23.0 Å². The molecule has 1 spiro atoms. The van der Waals surface area contributed by atoms with E-state index in [2.05, 4.69) is 38.4 Å². The van der Waals surface area contributed by atoms with Crippen LogP contribution in [0.2, 0.25) is 0 Å². The number of amides is 1. The number of unbranched alkanes of at least 4 members (excludes halogenated alkanes) is 1. The van der Waals surface area contributed by atoms with Gasteiger partial charge in [0.15, 0.2) is 22.4 Å². The number of fused-ring (bicyclic) bond motifs is 3. The fraction of sp³-hybridized carbons (Fsp3) is 0.250. The molecule has 2 atom stereocenters. The van der Waals surface area contributed by atoms with Gasteiger partial charge in [0.25, 0.3) is 5.91 Å². The molecule has 1 aliphatic carbocycles. The molecule has 2 aliphatic heterocycles. The molecule has 0 fully saturated rings. The molecule has 366 valence electrons. The first-order chi connectivity index (χ1) is 35.2. The number of aromatic hydroxyl groups is 1. The Balaban J connectivity index is 0.755. The van der Waals surface area contributed by atoms with E-state index in [-0.39, 0.29) is 53.1 Å². The number of nitrogens with zero attached hydrogens (tertiary/aromatic N) is 6. The summed E-state index contributed by atoms with van der Waals surface area (Å²) in [6.45, 7) is 4.36. The van der Waals surface area contributed by atoms with Gasteiger partial charge in [0, 0.05) is 41.4 Å². The molecule has 2 unspecified atom stereocenters. The minimum Gasteiger partial charge on any atom is -0.507 e. The number of allylic oxidation sites excluding steroid dienone is 2. The van der Waals surface area contributed by atoms with Crippen molar-refractivity contribution in [2.24, 2.45) is 5.10 Å². The molecule has 0 radical (unpaired) electrons. The summed E-state index contributed by atoms with van der Waals surface area (Å²) >= 11 is 3.69. The second-order valence-corrected chi connectivity index (χ2v) is 18.5. The van der Waals surface area contributed by atoms with Crippen molar-refractivity contribution in [3.05, 3.63) is 201 Å². The van der Waals surface area contributed by atoms with Gasteiger partial charge in [-0.25, -0.2) is 9.69 Å². The summed E-state index contributed by atoms with van der Waals surface area (Å²) in [5, 5.41) is 26.5. The van der Waals surface area contributed by atoms with Gasteiger partial charge in [0.1, 0.15) is 40.5 Å². The number of hydrogen-bond donors (Lipinski definition) is 1. The molecular formula is C56H51BrN6O9. The molecule has 0 bridgehead atoms. The van der Waals surface area contributed by atoms with Crippen LogP contribution in [-0.4, -0.2) is 77.1 Å². The van der Waals surface area contributed by atoms with Gasteiger partial charge in [-0.3, -0.25) is 14.4 Å². The molecular weight excluding hydrogens is 981 g/mol. The highest BCUT2D eigenvalue weighted by Gasteiger charge is 2.64. The molecule has 72 heavy (non-hydrogen) atoms. The maximum atomic E-state index is 15.5. The van der Waals surface area contributed by atoms with Crippen molar-refractivity contribution in [2.75, 3.05) is 49.5 Å². The highest BCUT2D eigenvalue weighted by molar-refractivity contribution is 9.10. The Kier molecular flexibility index (Phi) is 14.1. The maximum absolute atomic E-state index is 15.5. The van der Waals surface area contributed by atoms with Crippen LogP contribution < -0.4 is 20.1 Å². The van der Waals surface area contributed by atoms with E-state index in [9.17, 15) is 14.7 Å². The largest absolute Gasteiger partial charge is 0.507 e. The molecule has 0 saturated heterocycles. The molecule has 1 amide bonds. The molecule has 7 aromatic rings.